The maximum absolute atomic E-state index is 8.90. The van der Waals surface area contributed by atoms with Crippen molar-refractivity contribution in [2.45, 2.75) is 25.4 Å². The zero-order valence-electron chi connectivity index (χ0n) is 7.20. The van der Waals surface area contributed by atoms with Gasteiger partial charge in [-0.1, -0.05) is 0 Å². The van der Waals surface area contributed by atoms with Gasteiger partial charge in [0.15, 0.2) is 0 Å². The molecule has 0 atom stereocenters. The number of aliphatic hydroxyl groups is 1. The second-order valence-corrected chi connectivity index (χ2v) is 3.33. The molecule has 0 saturated heterocycles. The molecule has 0 aromatic carbocycles. The van der Waals surface area contributed by atoms with Crippen molar-refractivity contribution in [1.82, 2.24) is 4.98 Å². The molecule has 0 amide bonds. The van der Waals surface area contributed by atoms with E-state index in [0.29, 0.717) is 11.6 Å². The summed E-state index contributed by atoms with van der Waals surface area (Å²) in [5.74, 6) is 0.508. The molecule has 3 nitrogen and oxygen atoms in total. The van der Waals surface area contributed by atoms with Gasteiger partial charge in [0.25, 0.3) is 0 Å². The van der Waals surface area contributed by atoms with E-state index in [0.717, 1.165) is 24.0 Å². The summed E-state index contributed by atoms with van der Waals surface area (Å²) in [7, 11) is 0. The average Bonchev–Trinajstić information content (AvgIpc) is 3.00. The van der Waals surface area contributed by atoms with Crippen molar-refractivity contribution >= 4 is 0 Å². The lowest BCUT2D eigenvalue weighted by atomic mass is 10.1. The third-order valence-corrected chi connectivity index (χ3v) is 2.28. The van der Waals surface area contributed by atoms with E-state index < -0.39 is 0 Å². The Bertz CT molecular complexity index is 364. The molecule has 13 heavy (non-hydrogen) atoms. The van der Waals surface area contributed by atoms with E-state index in [1.165, 1.54) is 0 Å². The zero-order valence-corrected chi connectivity index (χ0v) is 7.20. The standard InChI is InChI=1S/C10H10N2O/c11-4-10-9(8-1-2-8)3-7(6-13)5-12-10/h3,5,8,13H,1-2,6H2. The molecule has 1 fully saturated rings. The number of nitriles is 1. The summed E-state index contributed by atoms with van der Waals surface area (Å²) in [6, 6.07) is 3.97. The Kier molecular flexibility index (Phi) is 1.99. The predicted molar refractivity (Wildman–Crippen MR) is 46.8 cm³/mol. The van der Waals surface area contributed by atoms with E-state index in [1.54, 1.807) is 6.20 Å². The van der Waals surface area contributed by atoms with Gasteiger partial charge in [0, 0.05) is 6.20 Å². The number of aromatic nitrogens is 1. The lowest BCUT2D eigenvalue weighted by Gasteiger charge is -2.02. The van der Waals surface area contributed by atoms with E-state index in [4.69, 9.17) is 10.4 Å². The number of pyridine rings is 1. The molecule has 0 radical (unpaired) electrons. The highest BCUT2D eigenvalue weighted by molar-refractivity contribution is 5.38. The molecule has 1 aliphatic rings. The van der Waals surface area contributed by atoms with Crippen LogP contribution in [0.1, 0.15) is 35.6 Å². The van der Waals surface area contributed by atoms with E-state index in [2.05, 4.69) is 11.1 Å². The van der Waals surface area contributed by atoms with E-state index in [1.807, 2.05) is 6.07 Å². The van der Waals surface area contributed by atoms with Gasteiger partial charge in [0.1, 0.15) is 11.8 Å². The normalized spacial score (nSPS) is 15.4. The zero-order chi connectivity index (χ0) is 9.26. The average molecular weight is 174 g/mol. The van der Waals surface area contributed by atoms with Gasteiger partial charge in [-0.05, 0) is 36.0 Å². The van der Waals surface area contributed by atoms with Crippen LogP contribution >= 0.6 is 0 Å². The molecule has 1 aromatic rings. The second kappa shape index (κ2) is 3.15. The number of nitrogens with zero attached hydrogens (tertiary/aromatic N) is 2. The van der Waals surface area contributed by atoms with Gasteiger partial charge in [0.05, 0.1) is 6.61 Å². The van der Waals surface area contributed by atoms with Crippen LogP contribution in [0.3, 0.4) is 0 Å². The van der Waals surface area contributed by atoms with Crippen molar-refractivity contribution < 1.29 is 5.11 Å². The number of aliphatic hydroxyl groups excluding tert-OH is 1. The Morgan fingerprint density at radius 2 is 2.38 bits per heavy atom. The Balaban J connectivity index is 2.42. The fourth-order valence-corrected chi connectivity index (χ4v) is 1.41. The van der Waals surface area contributed by atoms with Crippen molar-refractivity contribution in [3.8, 4) is 6.07 Å². The largest absolute Gasteiger partial charge is 0.392 e. The van der Waals surface area contributed by atoms with E-state index in [-0.39, 0.29) is 6.61 Å². The Hall–Kier alpha value is -1.40. The minimum atomic E-state index is -0.00156. The lowest BCUT2D eigenvalue weighted by molar-refractivity contribution is 0.281. The van der Waals surface area contributed by atoms with Crippen molar-refractivity contribution in [2.75, 3.05) is 0 Å². The van der Waals surface area contributed by atoms with Gasteiger partial charge >= 0.3 is 0 Å². The van der Waals surface area contributed by atoms with Crippen molar-refractivity contribution in [2.24, 2.45) is 0 Å². The van der Waals surface area contributed by atoms with E-state index >= 15 is 0 Å². The molecule has 0 aliphatic heterocycles. The van der Waals surface area contributed by atoms with Crippen LogP contribution in [0.15, 0.2) is 12.3 Å². The number of hydrogen-bond donors (Lipinski definition) is 1. The first-order valence-electron chi connectivity index (χ1n) is 4.35. The first kappa shape index (κ1) is 8.21. The first-order valence-corrected chi connectivity index (χ1v) is 4.35. The molecule has 0 spiro atoms. The van der Waals surface area contributed by atoms with Crippen LogP contribution in [0, 0.1) is 11.3 Å². The molecular weight excluding hydrogens is 164 g/mol. The smallest absolute Gasteiger partial charge is 0.143 e. The van der Waals surface area contributed by atoms with Gasteiger partial charge in [-0.3, -0.25) is 0 Å². The van der Waals surface area contributed by atoms with Crippen LogP contribution in [0.4, 0.5) is 0 Å². The van der Waals surface area contributed by atoms with Crippen LogP contribution in [0.5, 0.6) is 0 Å². The SMILES string of the molecule is N#Cc1ncc(CO)cc1C1CC1. The third kappa shape index (κ3) is 1.53. The summed E-state index contributed by atoms with van der Waals surface area (Å²) in [5.41, 5.74) is 2.31. The summed E-state index contributed by atoms with van der Waals surface area (Å²) >= 11 is 0. The van der Waals surface area contributed by atoms with Crippen LogP contribution in [0.25, 0.3) is 0 Å². The number of hydrogen-bond acceptors (Lipinski definition) is 3. The van der Waals surface area contributed by atoms with Crippen molar-refractivity contribution in [3.63, 3.8) is 0 Å². The number of rotatable bonds is 2. The molecule has 2 rings (SSSR count). The molecule has 0 unspecified atom stereocenters. The molecule has 0 bridgehead atoms. The molecular formula is C10H10N2O. The maximum atomic E-state index is 8.90. The van der Waals surface area contributed by atoms with Crippen LogP contribution in [-0.2, 0) is 6.61 Å². The lowest BCUT2D eigenvalue weighted by Crippen LogP contribution is -1.95. The van der Waals surface area contributed by atoms with Crippen molar-refractivity contribution in [1.29, 1.82) is 5.26 Å². The van der Waals surface area contributed by atoms with Gasteiger partial charge in [-0.2, -0.15) is 5.26 Å². The minimum Gasteiger partial charge on any atom is -0.392 e. The molecule has 1 saturated carbocycles. The van der Waals surface area contributed by atoms with E-state index in [9.17, 15) is 0 Å². The Morgan fingerprint density at radius 1 is 1.62 bits per heavy atom. The van der Waals surface area contributed by atoms with Gasteiger partial charge < -0.3 is 5.11 Å². The Labute approximate surface area is 76.7 Å². The predicted octanol–water partition coefficient (Wildman–Crippen LogP) is 1.32. The van der Waals surface area contributed by atoms with Crippen LogP contribution in [0.2, 0.25) is 0 Å². The van der Waals surface area contributed by atoms with Gasteiger partial charge in [-0.15, -0.1) is 0 Å². The molecule has 1 heterocycles. The fraction of sp³-hybridized carbons (Fsp3) is 0.400. The summed E-state index contributed by atoms with van der Waals surface area (Å²) in [4.78, 5) is 4.01. The summed E-state index contributed by atoms with van der Waals surface area (Å²) in [6.07, 6.45) is 3.85. The molecule has 66 valence electrons. The molecule has 1 aromatic heterocycles. The second-order valence-electron chi connectivity index (χ2n) is 3.33. The van der Waals surface area contributed by atoms with Gasteiger partial charge in [-0.25, -0.2) is 4.98 Å². The first-order chi connectivity index (χ1) is 6.35. The highest BCUT2D eigenvalue weighted by atomic mass is 16.3. The Morgan fingerprint density at radius 3 is 2.92 bits per heavy atom. The summed E-state index contributed by atoms with van der Waals surface area (Å²) in [5, 5.41) is 17.7. The monoisotopic (exact) mass is 174 g/mol. The molecule has 3 heteroatoms. The van der Waals surface area contributed by atoms with Crippen molar-refractivity contribution in [3.05, 3.63) is 29.1 Å². The third-order valence-electron chi connectivity index (χ3n) is 2.28. The highest BCUT2D eigenvalue weighted by Gasteiger charge is 2.26. The fourth-order valence-electron chi connectivity index (χ4n) is 1.41. The maximum Gasteiger partial charge on any atom is 0.143 e. The molecule has 1 aliphatic carbocycles. The highest BCUT2D eigenvalue weighted by Crippen LogP contribution is 2.41. The summed E-state index contributed by atoms with van der Waals surface area (Å²) < 4.78 is 0. The van der Waals surface area contributed by atoms with Crippen LogP contribution < -0.4 is 0 Å². The van der Waals surface area contributed by atoms with Gasteiger partial charge in [0.2, 0.25) is 0 Å². The molecule has 1 N–H and O–H groups in total. The minimum absolute atomic E-state index is 0.00156. The quantitative estimate of drug-likeness (QED) is 0.735. The topological polar surface area (TPSA) is 56.9 Å². The van der Waals surface area contributed by atoms with Crippen LogP contribution in [-0.4, -0.2) is 10.1 Å². The summed E-state index contributed by atoms with van der Waals surface area (Å²) in [6.45, 7) is -0.00156.